The van der Waals surface area contributed by atoms with Crippen molar-refractivity contribution in [3.8, 4) is 0 Å². The smallest absolute Gasteiger partial charge is 0.338 e. The summed E-state index contributed by atoms with van der Waals surface area (Å²) in [6, 6.07) is 17.3. The third kappa shape index (κ3) is 6.07. The molecule has 2 aromatic rings. The Morgan fingerprint density at radius 2 is 1.76 bits per heavy atom. The van der Waals surface area contributed by atoms with E-state index in [0.717, 1.165) is 18.4 Å². The van der Waals surface area contributed by atoms with E-state index in [-0.39, 0.29) is 11.9 Å². The highest BCUT2D eigenvalue weighted by atomic mass is 16.5. The van der Waals surface area contributed by atoms with Gasteiger partial charge in [0.15, 0.2) is 6.10 Å². The lowest BCUT2D eigenvalue weighted by Crippen LogP contribution is -2.41. The number of rotatable bonds is 7. The van der Waals surface area contributed by atoms with E-state index in [1.165, 1.54) is 5.56 Å². The summed E-state index contributed by atoms with van der Waals surface area (Å²) in [6.45, 7) is 5.45. The van der Waals surface area contributed by atoms with Gasteiger partial charge in [0.25, 0.3) is 5.91 Å². The minimum atomic E-state index is -0.827. The summed E-state index contributed by atoms with van der Waals surface area (Å²) in [7, 11) is 0. The third-order valence-electron chi connectivity index (χ3n) is 4.00. The van der Waals surface area contributed by atoms with Gasteiger partial charge in [-0.3, -0.25) is 4.79 Å². The molecule has 4 heteroatoms. The predicted molar refractivity (Wildman–Crippen MR) is 98.4 cm³/mol. The predicted octanol–water partition coefficient (Wildman–Crippen LogP) is 3.68. The first-order valence-electron chi connectivity index (χ1n) is 8.57. The summed E-state index contributed by atoms with van der Waals surface area (Å²) < 4.78 is 5.27. The maximum absolute atomic E-state index is 12.2. The molecule has 1 amide bonds. The number of carbonyl (C=O) groups is 2. The van der Waals surface area contributed by atoms with Crippen LogP contribution >= 0.6 is 0 Å². The second-order valence-corrected chi connectivity index (χ2v) is 6.35. The molecule has 0 heterocycles. The molecule has 2 aromatic carbocycles. The van der Waals surface area contributed by atoms with E-state index in [0.29, 0.717) is 5.56 Å². The summed E-state index contributed by atoms with van der Waals surface area (Å²) in [5.74, 6) is -0.759. The Kier molecular flexibility index (Phi) is 6.75. The zero-order valence-corrected chi connectivity index (χ0v) is 15.0. The number of nitrogens with one attached hydrogen (secondary N) is 1. The van der Waals surface area contributed by atoms with Crippen LogP contribution in [0.2, 0.25) is 0 Å². The van der Waals surface area contributed by atoms with Gasteiger partial charge in [0, 0.05) is 6.04 Å². The lowest BCUT2D eigenvalue weighted by atomic mass is 10.1. The lowest BCUT2D eigenvalue weighted by molar-refractivity contribution is -0.129. The first kappa shape index (κ1) is 18.7. The quantitative estimate of drug-likeness (QED) is 0.783. The van der Waals surface area contributed by atoms with Gasteiger partial charge in [-0.25, -0.2) is 4.79 Å². The van der Waals surface area contributed by atoms with E-state index in [2.05, 4.69) is 17.4 Å². The number of hydrogen-bond acceptors (Lipinski definition) is 3. The standard InChI is InChI=1S/C21H25NO3/c1-15-8-7-11-19(14-15)21(24)25-17(3)20(23)22-16(2)12-13-18-9-5-4-6-10-18/h4-11,14,16-17H,12-13H2,1-3H3,(H,22,23)/t16-,17+/m0/s1. The topological polar surface area (TPSA) is 55.4 Å². The number of hydrogen-bond donors (Lipinski definition) is 1. The van der Waals surface area contributed by atoms with Gasteiger partial charge in [-0.1, -0.05) is 48.0 Å². The molecule has 0 aromatic heterocycles. The monoisotopic (exact) mass is 339 g/mol. The molecule has 0 bridgehead atoms. The number of ether oxygens (including phenoxy) is 1. The van der Waals surface area contributed by atoms with E-state index in [9.17, 15) is 9.59 Å². The Hall–Kier alpha value is -2.62. The van der Waals surface area contributed by atoms with Gasteiger partial charge in [0.05, 0.1) is 5.56 Å². The molecule has 2 rings (SSSR count). The Morgan fingerprint density at radius 3 is 2.44 bits per heavy atom. The zero-order valence-electron chi connectivity index (χ0n) is 15.0. The van der Waals surface area contributed by atoms with Crippen LogP contribution in [-0.4, -0.2) is 24.0 Å². The fourth-order valence-corrected chi connectivity index (χ4v) is 2.51. The molecular formula is C21H25NO3. The van der Waals surface area contributed by atoms with Crippen LogP contribution in [0.3, 0.4) is 0 Å². The average molecular weight is 339 g/mol. The minimum Gasteiger partial charge on any atom is -0.449 e. The number of benzene rings is 2. The molecule has 2 atom stereocenters. The van der Waals surface area contributed by atoms with Crippen LogP contribution in [0.15, 0.2) is 54.6 Å². The van der Waals surface area contributed by atoms with Crippen molar-refractivity contribution in [1.29, 1.82) is 0 Å². The molecule has 0 radical (unpaired) electrons. The fraction of sp³-hybridized carbons (Fsp3) is 0.333. The Bertz CT molecular complexity index is 712. The van der Waals surface area contributed by atoms with E-state index in [4.69, 9.17) is 4.74 Å². The number of esters is 1. The van der Waals surface area contributed by atoms with Crippen LogP contribution in [0.5, 0.6) is 0 Å². The number of amides is 1. The van der Waals surface area contributed by atoms with E-state index < -0.39 is 12.1 Å². The molecule has 0 saturated heterocycles. The second-order valence-electron chi connectivity index (χ2n) is 6.35. The molecule has 4 nitrogen and oxygen atoms in total. The molecule has 0 unspecified atom stereocenters. The molecule has 0 aliphatic heterocycles. The summed E-state index contributed by atoms with van der Waals surface area (Å²) in [5.41, 5.74) is 2.67. The van der Waals surface area contributed by atoms with Gasteiger partial charge in [-0.2, -0.15) is 0 Å². The largest absolute Gasteiger partial charge is 0.449 e. The van der Waals surface area contributed by atoms with Crippen molar-refractivity contribution >= 4 is 11.9 Å². The number of aryl methyl sites for hydroxylation is 2. The molecule has 0 aliphatic carbocycles. The summed E-state index contributed by atoms with van der Waals surface area (Å²) >= 11 is 0. The minimum absolute atomic E-state index is 0.00725. The van der Waals surface area contributed by atoms with Crippen LogP contribution in [0.25, 0.3) is 0 Å². The molecular weight excluding hydrogens is 314 g/mol. The van der Waals surface area contributed by atoms with Crippen LogP contribution in [0.1, 0.15) is 41.8 Å². The Labute approximate surface area is 149 Å². The van der Waals surface area contributed by atoms with Crippen LogP contribution in [0, 0.1) is 6.92 Å². The Morgan fingerprint density at radius 1 is 1.04 bits per heavy atom. The van der Waals surface area contributed by atoms with Crippen molar-refractivity contribution < 1.29 is 14.3 Å². The first-order chi connectivity index (χ1) is 12.0. The van der Waals surface area contributed by atoms with Crippen molar-refractivity contribution in [3.05, 3.63) is 71.3 Å². The van der Waals surface area contributed by atoms with Crippen LogP contribution < -0.4 is 5.32 Å². The van der Waals surface area contributed by atoms with Gasteiger partial charge in [-0.15, -0.1) is 0 Å². The highest BCUT2D eigenvalue weighted by molar-refractivity contribution is 5.92. The lowest BCUT2D eigenvalue weighted by Gasteiger charge is -2.18. The third-order valence-corrected chi connectivity index (χ3v) is 4.00. The Balaban J connectivity index is 1.80. The van der Waals surface area contributed by atoms with Gasteiger partial charge < -0.3 is 10.1 Å². The van der Waals surface area contributed by atoms with E-state index in [1.54, 1.807) is 25.1 Å². The van der Waals surface area contributed by atoms with Crippen molar-refractivity contribution in [1.82, 2.24) is 5.32 Å². The van der Waals surface area contributed by atoms with Crippen molar-refractivity contribution in [2.24, 2.45) is 0 Å². The van der Waals surface area contributed by atoms with Gasteiger partial charge in [0.1, 0.15) is 0 Å². The van der Waals surface area contributed by atoms with Crippen molar-refractivity contribution in [3.63, 3.8) is 0 Å². The summed E-state index contributed by atoms with van der Waals surface area (Å²) in [4.78, 5) is 24.3. The summed E-state index contributed by atoms with van der Waals surface area (Å²) in [6.07, 6.45) is 0.890. The maximum atomic E-state index is 12.2. The molecule has 1 N–H and O–H groups in total. The van der Waals surface area contributed by atoms with Crippen molar-refractivity contribution in [2.75, 3.05) is 0 Å². The highest BCUT2D eigenvalue weighted by Gasteiger charge is 2.20. The average Bonchev–Trinajstić information content (AvgIpc) is 2.60. The number of carbonyl (C=O) groups excluding carboxylic acids is 2. The van der Waals surface area contributed by atoms with Crippen LogP contribution in [-0.2, 0) is 16.0 Å². The van der Waals surface area contributed by atoms with E-state index in [1.807, 2.05) is 38.1 Å². The fourth-order valence-electron chi connectivity index (χ4n) is 2.51. The molecule has 0 spiro atoms. The molecule has 25 heavy (non-hydrogen) atoms. The first-order valence-corrected chi connectivity index (χ1v) is 8.57. The molecule has 0 fully saturated rings. The van der Waals surface area contributed by atoms with Gasteiger partial charge >= 0.3 is 5.97 Å². The molecule has 132 valence electrons. The maximum Gasteiger partial charge on any atom is 0.338 e. The van der Waals surface area contributed by atoms with Crippen LogP contribution in [0.4, 0.5) is 0 Å². The summed E-state index contributed by atoms with van der Waals surface area (Å²) in [5, 5.41) is 2.90. The zero-order chi connectivity index (χ0) is 18.2. The molecule has 0 saturated carbocycles. The van der Waals surface area contributed by atoms with Gasteiger partial charge in [-0.05, 0) is 51.3 Å². The normalized spacial score (nSPS) is 12.9. The highest BCUT2D eigenvalue weighted by Crippen LogP contribution is 2.08. The van der Waals surface area contributed by atoms with E-state index >= 15 is 0 Å². The molecule has 0 aliphatic rings. The SMILES string of the molecule is Cc1cccc(C(=O)O[C@H](C)C(=O)N[C@@H](C)CCc2ccccc2)c1. The van der Waals surface area contributed by atoms with Gasteiger partial charge in [0.2, 0.25) is 0 Å². The van der Waals surface area contributed by atoms with Crippen molar-refractivity contribution in [2.45, 2.75) is 45.8 Å². The second kappa shape index (κ2) is 9.02.